The van der Waals surface area contributed by atoms with Crippen molar-refractivity contribution in [3.63, 3.8) is 0 Å². The number of Topliss-reactive ketones (excluding diaryl/α,β-unsaturated/α-hetero) is 1. The molecule has 8 heteroatoms. The van der Waals surface area contributed by atoms with Gasteiger partial charge in [0.1, 0.15) is 12.1 Å². The number of nitrogens with two attached hydrogens (primary N) is 1. The average Bonchev–Trinajstić information content (AvgIpc) is 3.29. The second kappa shape index (κ2) is 12.6. The fourth-order valence-electron chi connectivity index (χ4n) is 4.52. The molecule has 2 amide bonds. The van der Waals surface area contributed by atoms with E-state index in [9.17, 15) is 19.2 Å². The molecule has 0 spiro atoms. The van der Waals surface area contributed by atoms with Crippen molar-refractivity contribution >= 4 is 23.6 Å². The number of nitrogens with one attached hydrogen (secondary N) is 2. The lowest BCUT2D eigenvalue weighted by atomic mass is 9.85. The Morgan fingerprint density at radius 1 is 0.941 bits per heavy atom. The highest BCUT2D eigenvalue weighted by atomic mass is 16.5. The Morgan fingerprint density at radius 3 is 2.09 bits per heavy atom. The first-order valence-electron chi connectivity index (χ1n) is 12.1. The first-order chi connectivity index (χ1) is 16.1. The predicted octanol–water partition coefficient (Wildman–Crippen LogP) is 2.00. The van der Waals surface area contributed by atoms with Crippen molar-refractivity contribution in [3.8, 4) is 0 Å². The van der Waals surface area contributed by atoms with Gasteiger partial charge in [-0.05, 0) is 36.7 Å². The molecule has 8 nitrogen and oxygen atoms in total. The molecular formula is C26H39N3O5. The fraction of sp³-hybridized carbons (Fsp3) is 0.615. The molecule has 0 bridgehead atoms. The standard InChI is InChI=1S/C26H39N3O5/c1-15(2)21(25(32)29-22(16(3)4)26(33)34-5)28-24(31)19-13-9-12-18(19)23(30)20(27)14-17-10-7-6-8-11-17/h6-8,10-11,15-16,18-22H,9,12-14,27H2,1-5H3,(H,28,31)(H,29,32)/t18?,19-,20?,21-,22?/m1/s1. The molecule has 1 aliphatic rings. The third kappa shape index (κ3) is 7.13. The fourth-order valence-corrected chi connectivity index (χ4v) is 4.52. The molecular weight excluding hydrogens is 434 g/mol. The van der Waals surface area contributed by atoms with E-state index in [4.69, 9.17) is 10.5 Å². The number of hydrogen-bond acceptors (Lipinski definition) is 6. The number of esters is 1. The lowest BCUT2D eigenvalue weighted by Crippen LogP contribution is -2.56. The van der Waals surface area contributed by atoms with Crippen LogP contribution in [0.5, 0.6) is 0 Å². The van der Waals surface area contributed by atoms with Crippen LogP contribution < -0.4 is 16.4 Å². The summed E-state index contributed by atoms with van der Waals surface area (Å²) in [4.78, 5) is 51.3. The van der Waals surface area contributed by atoms with Crippen LogP contribution in [0.4, 0.5) is 0 Å². The summed E-state index contributed by atoms with van der Waals surface area (Å²) < 4.78 is 4.79. The van der Waals surface area contributed by atoms with Gasteiger partial charge in [-0.15, -0.1) is 0 Å². The highest BCUT2D eigenvalue weighted by Crippen LogP contribution is 2.33. The van der Waals surface area contributed by atoms with E-state index < -0.39 is 41.8 Å². The minimum absolute atomic E-state index is 0.113. The first-order valence-corrected chi connectivity index (χ1v) is 12.1. The molecule has 0 radical (unpaired) electrons. The SMILES string of the molecule is COC(=O)C(NC(=O)[C@H](NC(=O)[C@@H]1CCCC1C(=O)C(N)Cc1ccccc1)C(C)C)C(C)C. The number of methoxy groups -OCH3 is 1. The second-order valence-corrected chi connectivity index (χ2v) is 9.83. The van der Waals surface area contributed by atoms with E-state index in [1.165, 1.54) is 7.11 Å². The Hall–Kier alpha value is -2.74. The molecule has 1 fully saturated rings. The van der Waals surface area contributed by atoms with E-state index in [1.807, 2.05) is 44.2 Å². The van der Waals surface area contributed by atoms with Crippen LogP contribution in [-0.2, 0) is 30.3 Å². The highest BCUT2D eigenvalue weighted by Gasteiger charge is 2.41. The van der Waals surface area contributed by atoms with Crippen molar-refractivity contribution in [1.82, 2.24) is 10.6 Å². The molecule has 1 aliphatic carbocycles. The first kappa shape index (κ1) is 27.5. The van der Waals surface area contributed by atoms with Crippen LogP contribution in [0.25, 0.3) is 0 Å². The number of ether oxygens (including phenoxy) is 1. The summed E-state index contributed by atoms with van der Waals surface area (Å²) in [7, 11) is 1.27. The van der Waals surface area contributed by atoms with Crippen molar-refractivity contribution in [2.75, 3.05) is 7.11 Å². The smallest absolute Gasteiger partial charge is 0.328 e. The third-order valence-corrected chi connectivity index (χ3v) is 6.55. The van der Waals surface area contributed by atoms with Crippen LogP contribution in [0.15, 0.2) is 30.3 Å². The van der Waals surface area contributed by atoms with Gasteiger partial charge in [-0.25, -0.2) is 4.79 Å². The monoisotopic (exact) mass is 473 g/mol. The number of rotatable bonds is 11. The number of hydrogen-bond donors (Lipinski definition) is 3. The van der Waals surface area contributed by atoms with Gasteiger partial charge < -0.3 is 21.1 Å². The van der Waals surface area contributed by atoms with E-state index in [1.54, 1.807) is 13.8 Å². The molecule has 1 aromatic carbocycles. The Balaban J connectivity index is 2.07. The molecule has 2 rings (SSSR count). The molecule has 3 unspecified atom stereocenters. The summed E-state index contributed by atoms with van der Waals surface area (Å²) in [5.41, 5.74) is 7.20. The van der Waals surface area contributed by atoms with E-state index in [0.29, 0.717) is 19.3 Å². The van der Waals surface area contributed by atoms with Crippen molar-refractivity contribution < 1.29 is 23.9 Å². The predicted molar refractivity (Wildman–Crippen MR) is 130 cm³/mol. The van der Waals surface area contributed by atoms with Gasteiger partial charge in [-0.2, -0.15) is 0 Å². The number of carbonyl (C=O) groups is 4. The van der Waals surface area contributed by atoms with Crippen LogP contribution in [0.3, 0.4) is 0 Å². The topological polar surface area (TPSA) is 128 Å². The zero-order valence-electron chi connectivity index (χ0n) is 20.9. The summed E-state index contributed by atoms with van der Waals surface area (Å²) in [5.74, 6) is -2.81. The zero-order valence-corrected chi connectivity index (χ0v) is 20.9. The van der Waals surface area contributed by atoms with Crippen LogP contribution >= 0.6 is 0 Å². The van der Waals surface area contributed by atoms with Gasteiger partial charge in [0, 0.05) is 11.8 Å². The van der Waals surface area contributed by atoms with Crippen molar-refractivity contribution in [1.29, 1.82) is 0 Å². The lowest BCUT2D eigenvalue weighted by molar-refractivity contribution is -0.147. The minimum Gasteiger partial charge on any atom is -0.467 e. The summed E-state index contributed by atoms with van der Waals surface area (Å²) in [6, 6.07) is 7.23. The van der Waals surface area contributed by atoms with E-state index in [-0.39, 0.29) is 23.5 Å². The molecule has 4 N–H and O–H groups in total. The summed E-state index contributed by atoms with van der Waals surface area (Å²) in [6.07, 6.45) is 2.35. The van der Waals surface area contributed by atoms with Gasteiger partial charge in [-0.1, -0.05) is 64.4 Å². The highest BCUT2D eigenvalue weighted by molar-refractivity contribution is 5.95. The normalized spacial score (nSPS) is 20.5. The second-order valence-electron chi connectivity index (χ2n) is 9.83. The Kier molecular flexibility index (Phi) is 10.2. The summed E-state index contributed by atoms with van der Waals surface area (Å²) in [6.45, 7) is 7.25. The lowest BCUT2D eigenvalue weighted by Gasteiger charge is -2.28. The number of ketones is 1. The van der Waals surface area contributed by atoms with Gasteiger partial charge >= 0.3 is 5.97 Å². The molecule has 0 aliphatic heterocycles. The number of carbonyl (C=O) groups excluding carboxylic acids is 4. The molecule has 188 valence electrons. The van der Waals surface area contributed by atoms with Crippen LogP contribution in [0.1, 0.15) is 52.5 Å². The number of benzene rings is 1. The average molecular weight is 474 g/mol. The van der Waals surface area contributed by atoms with Gasteiger partial charge in [0.15, 0.2) is 5.78 Å². The van der Waals surface area contributed by atoms with Crippen molar-refractivity contribution in [2.24, 2.45) is 29.4 Å². The van der Waals surface area contributed by atoms with Crippen LogP contribution in [0.2, 0.25) is 0 Å². The van der Waals surface area contributed by atoms with Crippen LogP contribution in [-0.4, -0.2) is 48.8 Å². The van der Waals surface area contributed by atoms with E-state index >= 15 is 0 Å². The van der Waals surface area contributed by atoms with Gasteiger partial charge in [0.25, 0.3) is 0 Å². The third-order valence-electron chi connectivity index (χ3n) is 6.55. The van der Waals surface area contributed by atoms with Gasteiger partial charge in [0.2, 0.25) is 11.8 Å². The molecule has 34 heavy (non-hydrogen) atoms. The Morgan fingerprint density at radius 2 is 1.53 bits per heavy atom. The minimum atomic E-state index is -0.840. The molecule has 0 heterocycles. The molecule has 1 saturated carbocycles. The van der Waals surface area contributed by atoms with Crippen LogP contribution in [0, 0.1) is 23.7 Å². The van der Waals surface area contributed by atoms with Crippen molar-refractivity contribution in [2.45, 2.75) is 71.5 Å². The zero-order chi connectivity index (χ0) is 25.4. The maximum absolute atomic E-state index is 13.2. The molecule has 0 saturated heterocycles. The van der Waals surface area contributed by atoms with Gasteiger partial charge in [-0.3, -0.25) is 14.4 Å². The Bertz CT molecular complexity index is 855. The Labute approximate surface area is 202 Å². The summed E-state index contributed by atoms with van der Waals surface area (Å²) in [5, 5.41) is 5.55. The quantitative estimate of drug-likeness (QED) is 0.422. The maximum atomic E-state index is 13.2. The van der Waals surface area contributed by atoms with E-state index in [2.05, 4.69) is 10.6 Å². The number of amides is 2. The summed E-state index contributed by atoms with van der Waals surface area (Å²) >= 11 is 0. The molecule has 0 aromatic heterocycles. The maximum Gasteiger partial charge on any atom is 0.328 e. The van der Waals surface area contributed by atoms with Gasteiger partial charge in [0.05, 0.1) is 13.2 Å². The molecule has 1 aromatic rings. The van der Waals surface area contributed by atoms with Crippen molar-refractivity contribution in [3.05, 3.63) is 35.9 Å². The molecule has 5 atom stereocenters. The largest absolute Gasteiger partial charge is 0.467 e. The van der Waals surface area contributed by atoms with E-state index in [0.717, 1.165) is 12.0 Å².